The van der Waals surface area contributed by atoms with E-state index in [-0.39, 0.29) is 11.9 Å². The van der Waals surface area contributed by atoms with Crippen LogP contribution >= 0.6 is 0 Å². The molecule has 2 aromatic carbocycles. The summed E-state index contributed by atoms with van der Waals surface area (Å²) in [5, 5.41) is 5.57. The first-order valence-corrected chi connectivity index (χ1v) is 9.57. The Hall–Kier alpha value is -3.28. The zero-order valence-electron chi connectivity index (χ0n) is 17.1. The van der Waals surface area contributed by atoms with Gasteiger partial charge in [-0.2, -0.15) is 0 Å². The zero-order chi connectivity index (χ0) is 21.0. The van der Waals surface area contributed by atoms with Crippen LogP contribution in [0.2, 0.25) is 0 Å². The molecule has 0 aliphatic carbocycles. The summed E-state index contributed by atoms with van der Waals surface area (Å²) in [5.74, 6) is 0.141. The Bertz CT molecular complexity index is 932. The first kappa shape index (κ1) is 20.5. The van der Waals surface area contributed by atoms with E-state index in [1.54, 1.807) is 0 Å². The van der Waals surface area contributed by atoms with Gasteiger partial charge in [-0.05, 0) is 36.1 Å². The monoisotopic (exact) mass is 394 g/mol. The lowest BCUT2D eigenvalue weighted by Crippen LogP contribution is -2.47. The predicted octanol–water partition coefficient (Wildman–Crippen LogP) is 4.01. The van der Waals surface area contributed by atoms with Crippen LogP contribution in [0, 0.1) is 12.8 Å². The van der Waals surface area contributed by atoms with Gasteiger partial charge >= 0.3 is 12.0 Å². The van der Waals surface area contributed by atoms with E-state index in [1.807, 2.05) is 69.3 Å². The number of ether oxygens (including phenoxy) is 2. The maximum Gasteiger partial charge on any atom is 0.337 e. The number of amides is 2. The number of aryl methyl sites for hydroxylation is 1. The number of hydrogen-bond acceptors (Lipinski definition) is 4. The maximum absolute atomic E-state index is 12.5. The van der Waals surface area contributed by atoms with Crippen LogP contribution in [-0.4, -0.2) is 19.1 Å². The average Bonchev–Trinajstić information content (AvgIpc) is 2.72. The van der Waals surface area contributed by atoms with Gasteiger partial charge in [0.05, 0.1) is 18.7 Å². The molecule has 1 atom stereocenters. The van der Waals surface area contributed by atoms with Gasteiger partial charge in [0.2, 0.25) is 0 Å². The van der Waals surface area contributed by atoms with E-state index in [4.69, 9.17) is 9.47 Å². The minimum atomic E-state index is -0.614. The molecule has 6 nitrogen and oxygen atoms in total. The van der Waals surface area contributed by atoms with E-state index < -0.39 is 12.0 Å². The van der Waals surface area contributed by atoms with E-state index in [0.29, 0.717) is 23.6 Å². The minimum Gasteiger partial charge on any atom is -0.489 e. The van der Waals surface area contributed by atoms with Gasteiger partial charge in [0.15, 0.2) is 0 Å². The number of hydrogen-bond donors (Lipinski definition) is 2. The van der Waals surface area contributed by atoms with Crippen LogP contribution in [0.4, 0.5) is 4.79 Å². The average molecular weight is 394 g/mol. The van der Waals surface area contributed by atoms with E-state index in [2.05, 4.69) is 10.6 Å². The normalized spacial score (nSPS) is 16.3. The Kier molecular flexibility index (Phi) is 6.22. The van der Waals surface area contributed by atoms with E-state index in [9.17, 15) is 9.59 Å². The Balaban J connectivity index is 1.89. The van der Waals surface area contributed by atoms with Crippen molar-refractivity contribution < 1.29 is 19.1 Å². The highest BCUT2D eigenvalue weighted by Crippen LogP contribution is 2.32. The van der Waals surface area contributed by atoms with Gasteiger partial charge in [-0.1, -0.05) is 55.8 Å². The van der Waals surface area contributed by atoms with Crippen LogP contribution in [0.1, 0.15) is 36.6 Å². The van der Waals surface area contributed by atoms with E-state index >= 15 is 0 Å². The fourth-order valence-corrected chi connectivity index (χ4v) is 3.26. The second kappa shape index (κ2) is 8.82. The third kappa shape index (κ3) is 4.77. The Morgan fingerprint density at radius 1 is 1.14 bits per heavy atom. The quantitative estimate of drug-likeness (QED) is 0.726. The summed E-state index contributed by atoms with van der Waals surface area (Å²) in [7, 11) is 1.34. The van der Waals surface area contributed by atoms with Crippen LogP contribution in [0.15, 0.2) is 59.8 Å². The van der Waals surface area contributed by atoms with Gasteiger partial charge in [0.1, 0.15) is 12.4 Å². The van der Waals surface area contributed by atoms with Gasteiger partial charge in [-0.15, -0.1) is 0 Å². The fourth-order valence-electron chi connectivity index (χ4n) is 3.26. The Labute approximate surface area is 170 Å². The molecule has 3 rings (SSSR count). The topological polar surface area (TPSA) is 76.7 Å². The highest BCUT2D eigenvalue weighted by molar-refractivity contribution is 5.95. The van der Waals surface area contributed by atoms with Gasteiger partial charge in [0, 0.05) is 5.70 Å². The first-order chi connectivity index (χ1) is 13.9. The minimum absolute atomic E-state index is 0.0429. The standard InChI is InChI=1S/C23H26N2O4/c1-14(2)20-19(22(26)28-4)21(25-23(27)24-20)17-6-5-7-18(12-17)29-13-16-10-8-15(3)9-11-16/h5-12,14,21H,13H2,1-4H3,(H2,24,25,27). The molecule has 29 heavy (non-hydrogen) atoms. The predicted molar refractivity (Wildman–Crippen MR) is 110 cm³/mol. The SMILES string of the molecule is COC(=O)C1=C(C(C)C)NC(=O)NC1c1cccc(OCc2ccc(C)cc2)c1. The van der Waals surface area contributed by atoms with Gasteiger partial charge in [0.25, 0.3) is 0 Å². The van der Waals surface area contributed by atoms with Crippen molar-refractivity contribution in [1.29, 1.82) is 0 Å². The number of allylic oxidation sites excluding steroid dienone is 1. The Morgan fingerprint density at radius 2 is 1.86 bits per heavy atom. The number of carbonyl (C=O) groups is 2. The van der Waals surface area contributed by atoms with E-state index in [0.717, 1.165) is 11.1 Å². The third-order valence-corrected chi connectivity index (χ3v) is 4.80. The summed E-state index contributed by atoms with van der Waals surface area (Å²) < 4.78 is 10.9. The number of urea groups is 1. The molecule has 0 radical (unpaired) electrons. The third-order valence-electron chi connectivity index (χ3n) is 4.80. The van der Waals surface area contributed by atoms with Crippen molar-refractivity contribution in [1.82, 2.24) is 10.6 Å². The molecular formula is C23H26N2O4. The van der Waals surface area contributed by atoms with Crippen molar-refractivity contribution >= 4 is 12.0 Å². The van der Waals surface area contributed by atoms with Gasteiger partial charge in [-0.25, -0.2) is 9.59 Å². The van der Waals surface area contributed by atoms with Crippen molar-refractivity contribution in [3.8, 4) is 5.75 Å². The molecule has 0 fully saturated rings. The fraction of sp³-hybridized carbons (Fsp3) is 0.304. The number of carbonyl (C=O) groups excluding carboxylic acids is 2. The second-order valence-electron chi connectivity index (χ2n) is 7.35. The smallest absolute Gasteiger partial charge is 0.337 e. The molecule has 0 aromatic heterocycles. The molecule has 0 spiro atoms. The molecule has 6 heteroatoms. The summed E-state index contributed by atoms with van der Waals surface area (Å²) in [6, 6.07) is 14.6. The van der Waals surface area contributed by atoms with Crippen molar-refractivity contribution in [3.05, 3.63) is 76.5 Å². The number of rotatable bonds is 6. The van der Waals surface area contributed by atoms with Crippen molar-refractivity contribution in [2.75, 3.05) is 7.11 Å². The van der Waals surface area contributed by atoms with Crippen LogP contribution in [0.5, 0.6) is 5.75 Å². The van der Waals surface area contributed by atoms with Crippen LogP contribution in [0.25, 0.3) is 0 Å². The van der Waals surface area contributed by atoms with Crippen LogP contribution < -0.4 is 15.4 Å². The molecule has 1 aliphatic rings. The van der Waals surface area contributed by atoms with Gasteiger partial charge in [-0.3, -0.25) is 0 Å². The van der Waals surface area contributed by atoms with Crippen molar-refractivity contribution in [3.63, 3.8) is 0 Å². The molecule has 0 saturated carbocycles. The number of benzene rings is 2. The molecule has 0 bridgehead atoms. The summed E-state index contributed by atoms with van der Waals surface area (Å²) in [6.45, 7) is 6.31. The lowest BCUT2D eigenvalue weighted by Gasteiger charge is -2.30. The highest BCUT2D eigenvalue weighted by Gasteiger charge is 2.34. The summed E-state index contributed by atoms with van der Waals surface area (Å²) in [5.41, 5.74) is 3.98. The zero-order valence-corrected chi connectivity index (χ0v) is 17.1. The number of nitrogens with one attached hydrogen (secondary N) is 2. The van der Waals surface area contributed by atoms with Crippen LogP contribution in [-0.2, 0) is 16.1 Å². The summed E-state index contributed by atoms with van der Waals surface area (Å²) >= 11 is 0. The number of esters is 1. The number of methoxy groups -OCH3 is 1. The largest absolute Gasteiger partial charge is 0.489 e. The lowest BCUT2D eigenvalue weighted by atomic mass is 9.91. The van der Waals surface area contributed by atoms with Crippen LogP contribution in [0.3, 0.4) is 0 Å². The maximum atomic E-state index is 12.5. The molecule has 152 valence electrons. The summed E-state index contributed by atoms with van der Waals surface area (Å²) in [4.78, 5) is 24.7. The first-order valence-electron chi connectivity index (χ1n) is 9.57. The van der Waals surface area contributed by atoms with E-state index in [1.165, 1.54) is 12.7 Å². The highest BCUT2D eigenvalue weighted by atomic mass is 16.5. The molecule has 2 aromatic rings. The Morgan fingerprint density at radius 3 is 2.52 bits per heavy atom. The second-order valence-corrected chi connectivity index (χ2v) is 7.35. The molecule has 2 N–H and O–H groups in total. The summed E-state index contributed by atoms with van der Waals surface area (Å²) in [6.07, 6.45) is 0. The molecule has 1 unspecified atom stereocenters. The van der Waals surface area contributed by atoms with Crippen molar-refractivity contribution in [2.24, 2.45) is 5.92 Å². The molecular weight excluding hydrogens is 368 g/mol. The lowest BCUT2D eigenvalue weighted by molar-refractivity contribution is -0.136. The molecule has 0 saturated heterocycles. The molecule has 2 amide bonds. The molecule has 1 aliphatic heterocycles. The molecule has 1 heterocycles. The van der Waals surface area contributed by atoms with Gasteiger partial charge < -0.3 is 20.1 Å². The van der Waals surface area contributed by atoms with Crippen molar-refractivity contribution in [2.45, 2.75) is 33.4 Å².